The van der Waals surface area contributed by atoms with Crippen LogP contribution < -0.4 is 5.32 Å². The van der Waals surface area contributed by atoms with Crippen molar-refractivity contribution in [3.63, 3.8) is 0 Å². The van der Waals surface area contributed by atoms with Crippen molar-refractivity contribution in [1.82, 2.24) is 5.32 Å². The summed E-state index contributed by atoms with van der Waals surface area (Å²) in [6.45, 7) is 1.16. The molecule has 1 nitrogen and oxygen atoms in total. The Bertz CT molecular complexity index is 118. The number of hydrogen-bond acceptors (Lipinski definition) is 1. The Morgan fingerprint density at radius 1 is 1.62 bits per heavy atom. The van der Waals surface area contributed by atoms with E-state index in [-0.39, 0.29) is 0 Å². The maximum atomic E-state index is 3.31. The Hall–Kier alpha value is 0.258. The molecule has 2 heteroatoms. The third-order valence-electron chi connectivity index (χ3n) is 1.12. The summed E-state index contributed by atoms with van der Waals surface area (Å²) in [4.78, 5) is 0. The van der Waals surface area contributed by atoms with Crippen molar-refractivity contribution in [2.75, 3.05) is 6.54 Å². The van der Waals surface area contributed by atoms with Crippen LogP contribution in [-0.4, -0.2) is 10.6 Å². The molecule has 0 saturated carbocycles. The van der Waals surface area contributed by atoms with Gasteiger partial charge in [-0.1, -0.05) is 0 Å². The Labute approximate surface area is 60.6 Å². The summed E-state index contributed by atoms with van der Waals surface area (Å²) in [6.07, 6.45) is 6.95. The molecule has 0 amide bonds. The van der Waals surface area contributed by atoms with E-state index in [0.717, 1.165) is 6.54 Å². The van der Waals surface area contributed by atoms with Crippen LogP contribution >= 0.6 is 0 Å². The average molecular weight is 279 g/mol. The predicted molar refractivity (Wildman–Crippen MR) is 31.4 cm³/mol. The van der Waals surface area contributed by atoms with Gasteiger partial charge in [0.25, 0.3) is 0 Å². The van der Waals surface area contributed by atoms with Crippen molar-refractivity contribution in [2.24, 2.45) is 0 Å². The molecule has 1 aliphatic heterocycles. The zero-order valence-corrected chi connectivity index (χ0v) is 7.62. The van der Waals surface area contributed by atoms with Gasteiger partial charge in [-0.15, -0.1) is 0 Å². The first-order valence-electron chi connectivity index (χ1n) is 2.84. The second-order valence-corrected chi connectivity index (χ2v) is 3.42. The average Bonchev–Trinajstić information content (AvgIpc) is 1.94. The van der Waals surface area contributed by atoms with Crippen molar-refractivity contribution in [3.05, 3.63) is 12.2 Å². The molecule has 0 atom stereocenters. The Kier molecular flexibility index (Phi) is 2.64. The first-order chi connectivity index (χ1) is 3.89. The molecule has 44 valence electrons. The molecule has 8 heavy (non-hydrogen) atoms. The molecule has 0 saturated heterocycles. The molecule has 0 aromatic carbocycles. The quantitative estimate of drug-likeness (QED) is 0.685. The number of rotatable bonds is 0. The molecule has 0 unspecified atom stereocenters. The molecule has 0 aliphatic carbocycles. The summed E-state index contributed by atoms with van der Waals surface area (Å²) in [6, 6.07) is 0. The van der Waals surface area contributed by atoms with Crippen LogP contribution in [0, 0.1) is 0 Å². The van der Waals surface area contributed by atoms with Gasteiger partial charge in [-0.2, -0.15) is 0 Å². The molecule has 0 bridgehead atoms. The van der Waals surface area contributed by atoms with Crippen LogP contribution in [0.15, 0.2) is 12.2 Å². The van der Waals surface area contributed by atoms with Crippen LogP contribution in [0.2, 0.25) is 0 Å². The molecule has 0 aromatic rings. The van der Waals surface area contributed by atoms with E-state index in [1.54, 1.807) is 0 Å². The summed E-state index contributed by atoms with van der Waals surface area (Å²) in [5, 5.41) is 3.31. The zero-order valence-electron chi connectivity index (χ0n) is 4.68. The maximum absolute atomic E-state index is 3.31. The number of nitrogens with one attached hydrogen (secondary N) is 1. The van der Waals surface area contributed by atoms with E-state index in [0.29, 0.717) is 0 Å². The predicted octanol–water partition coefficient (Wildman–Crippen LogP) is 0.603. The third-order valence-corrected chi connectivity index (χ3v) is 2.12. The van der Waals surface area contributed by atoms with E-state index in [2.05, 4.69) is 17.5 Å². The van der Waals surface area contributed by atoms with Gasteiger partial charge in [0.15, 0.2) is 0 Å². The first kappa shape index (κ1) is 6.38. The van der Waals surface area contributed by atoms with E-state index in [4.69, 9.17) is 0 Å². The zero-order chi connectivity index (χ0) is 5.82. The minimum atomic E-state index is 1.16. The van der Waals surface area contributed by atoms with E-state index in [1.165, 1.54) is 36.2 Å². The van der Waals surface area contributed by atoms with Crippen molar-refractivity contribution >= 4 is 4.02 Å². The van der Waals surface area contributed by atoms with Crippen LogP contribution in [-0.2, 0) is 19.4 Å². The summed E-state index contributed by atoms with van der Waals surface area (Å²) in [5.41, 5.74) is 0. The number of hydrogen-bond donors (Lipinski definition) is 1. The molecule has 1 aliphatic rings. The third kappa shape index (κ3) is 2.02. The van der Waals surface area contributed by atoms with Crippen LogP contribution in [0.1, 0.15) is 12.8 Å². The first-order valence-corrected chi connectivity index (χ1v) is 4.30. The van der Waals surface area contributed by atoms with E-state index in [9.17, 15) is 0 Å². The molecule has 1 heterocycles. The minimum absolute atomic E-state index is 1.16. The van der Waals surface area contributed by atoms with Gasteiger partial charge in [0.2, 0.25) is 0 Å². The second-order valence-electron chi connectivity index (χ2n) is 1.84. The van der Waals surface area contributed by atoms with Gasteiger partial charge >= 0.3 is 60.2 Å². The molecule has 0 fully saturated rings. The van der Waals surface area contributed by atoms with Gasteiger partial charge in [-0.25, -0.2) is 0 Å². The SMILES string of the molecule is [W]=[C]1C=CCCCN1. The second kappa shape index (κ2) is 3.32. The topological polar surface area (TPSA) is 12.0 Å². The summed E-state index contributed by atoms with van der Waals surface area (Å²) in [5.74, 6) is 0. The summed E-state index contributed by atoms with van der Waals surface area (Å²) in [7, 11) is 0. The van der Waals surface area contributed by atoms with Crippen LogP contribution in [0.25, 0.3) is 0 Å². The van der Waals surface area contributed by atoms with Gasteiger partial charge in [-0.05, 0) is 0 Å². The molecule has 1 rings (SSSR count). The summed E-state index contributed by atoms with van der Waals surface area (Å²) >= 11 is 1.54. The molecule has 0 spiro atoms. The Balaban J connectivity index is 2.44. The Morgan fingerprint density at radius 2 is 2.50 bits per heavy atom. The normalized spacial score (nSPS) is 20.8. The van der Waals surface area contributed by atoms with Crippen LogP contribution in [0.5, 0.6) is 0 Å². The fourth-order valence-electron chi connectivity index (χ4n) is 0.681. The Morgan fingerprint density at radius 3 is 3.38 bits per heavy atom. The van der Waals surface area contributed by atoms with Gasteiger partial charge in [0.1, 0.15) is 0 Å². The molecule has 0 radical (unpaired) electrons. The van der Waals surface area contributed by atoms with Gasteiger partial charge in [0, 0.05) is 0 Å². The fraction of sp³-hybridized carbons (Fsp3) is 0.500. The number of allylic oxidation sites excluding steroid dienone is 1. The van der Waals surface area contributed by atoms with Gasteiger partial charge in [0.05, 0.1) is 0 Å². The standard InChI is InChI=1S/C6H9N.W/c1-2-4-6-7-5-3-1;/h1,3,7H,2,4,6H2;. The summed E-state index contributed by atoms with van der Waals surface area (Å²) < 4.78 is 1.38. The van der Waals surface area contributed by atoms with Crippen LogP contribution in [0.3, 0.4) is 0 Å². The van der Waals surface area contributed by atoms with Crippen LogP contribution in [0.4, 0.5) is 0 Å². The van der Waals surface area contributed by atoms with Gasteiger partial charge in [-0.3, -0.25) is 0 Å². The van der Waals surface area contributed by atoms with Crippen molar-refractivity contribution in [2.45, 2.75) is 12.8 Å². The molecule has 1 N–H and O–H groups in total. The molecular weight excluding hydrogens is 270 g/mol. The van der Waals surface area contributed by atoms with Crippen molar-refractivity contribution in [3.8, 4) is 0 Å². The molecular formula is C6H9NW. The van der Waals surface area contributed by atoms with E-state index < -0.39 is 0 Å². The monoisotopic (exact) mass is 279 g/mol. The van der Waals surface area contributed by atoms with Crippen molar-refractivity contribution < 1.29 is 19.4 Å². The fourth-order valence-corrected chi connectivity index (χ4v) is 1.39. The molecule has 0 aromatic heterocycles. The van der Waals surface area contributed by atoms with E-state index >= 15 is 0 Å². The van der Waals surface area contributed by atoms with E-state index in [1.807, 2.05) is 0 Å². The van der Waals surface area contributed by atoms with Crippen molar-refractivity contribution in [1.29, 1.82) is 0 Å². The van der Waals surface area contributed by atoms with Gasteiger partial charge < -0.3 is 0 Å².